The SMILES string of the molecule is CCCCCCC#CC(C)(CCCCCCCC)C(=O)OCC. The second-order valence-corrected chi connectivity index (χ2v) is 6.68. The molecule has 0 aliphatic rings. The Labute approximate surface area is 144 Å². The van der Waals surface area contributed by atoms with Crippen LogP contribution in [0, 0.1) is 17.3 Å². The van der Waals surface area contributed by atoms with Gasteiger partial charge in [-0.1, -0.05) is 77.6 Å². The van der Waals surface area contributed by atoms with Gasteiger partial charge in [0.25, 0.3) is 0 Å². The molecule has 0 N–H and O–H groups in total. The summed E-state index contributed by atoms with van der Waals surface area (Å²) < 4.78 is 5.26. The van der Waals surface area contributed by atoms with Crippen molar-refractivity contribution in [3.63, 3.8) is 0 Å². The van der Waals surface area contributed by atoms with E-state index in [1.807, 2.05) is 13.8 Å². The first-order chi connectivity index (χ1) is 11.1. The van der Waals surface area contributed by atoms with E-state index in [1.165, 1.54) is 51.4 Å². The van der Waals surface area contributed by atoms with E-state index in [9.17, 15) is 4.79 Å². The Balaban J connectivity index is 4.35. The Bertz CT molecular complexity index is 351. The molecule has 0 amide bonds. The molecule has 0 bridgehead atoms. The molecule has 0 saturated heterocycles. The van der Waals surface area contributed by atoms with Crippen molar-refractivity contribution >= 4 is 5.97 Å². The summed E-state index contributed by atoms with van der Waals surface area (Å²) >= 11 is 0. The van der Waals surface area contributed by atoms with Crippen LogP contribution in [0.5, 0.6) is 0 Å². The van der Waals surface area contributed by atoms with Gasteiger partial charge < -0.3 is 4.74 Å². The van der Waals surface area contributed by atoms with E-state index in [0.29, 0.717) is 6.61 Å². The number of esters is 1. The molecule has 23 heavy (non-hydrogen) atoms. The Morgan fingerprint density at radius 1 is 0.870 bits per heavy atom. The Morgan fingerprint density at radius 3 is 2.04 bits per heavy atom. The predicted octanol–water partition coefficient (Wildman–Crippen LogP) is 6.28. The maximum Gasteiger partial charge on any atom is 0.323 e. The highest BCUT2D eigenvalue weighted by Gasteiger charge is 2.32. The Morgan fingerprint density at radius 2 is 1.43 bits per heavy atom. The van der Waals surface area contributed by atoms with Crippen LogP contribution in [0.2, 0.25) is 0 Å². The molecule has 0 saturated carbocycles. The third-order valence-electron chi connectivity index (χ3n) is 4.28. The lowest BCUT2D eigenvalue weighted by atomic mass is 9.85. The van der Waals surface area contributed by atoms with Crippen molar-refractivity contribution in [3.05, 3.63) is 0 Å². The molecule has 0 aromatic heterocycles. The van der Waals surface area contributed by atoms with E-state index in [1.54, 1.807) is 0 Å². The van der Waals surface area contributed by atoms with Crippen LogP contribution in [-0.4, -0.2) is 12.6 Å². The van der Waals surface area contributed by atoms with E-state index in [2.05, 4.69) is 25.7 Å². The van der Waals surface area contributed by atoms with Crippen molar-refractivity contribution in [2.45, 2.75) is 105 Å². The average Bonchev–Trinajstić information content (AvgIpc) is 2.54. The van der Waals surface area contributed by atoms with Gasteiger partial charge in [0.1, 0.15) is 5.41 Å². The van der Waals surface area contributed by atoms with Crippen molar-refractivity contribution in [1.82, 2.24) is 0 Å². The van der Waals surface area contributed by atoms with Crippen molar-refractivity contribution in [2.75, 3.05) is 6.61 Å². The van der Waals surface area contributed by atoms with Crippen molar-refractivity contribution in [3.8, 4) is 11.8 Å². The molecule has 0 rings (SSSR count). The maximum atomic E-state index is 12.3. The van der Waals surface area contributed by atoms with Crippen molar-refractivity contribution in [2.24, 2.45) is 5.41 Å². The summed E-state index contributed by atoms with van der Waals surface area (Å²) in [6, 6.07) is 0. The average molecular weight is 323 g/mol. The van der Waals surface area contributed by atoms with Gasteiger partial charge in [-0.3, -0.25) is 4.79 Å². The van der Waals surface area contributed by atoms with Gasteiger partial charge in [-0.2, -0.15) is 0 Å². The number of ether oxygens (including phenoxy) is 1. The van der Waals surface area contributed by atoms with E-state index in [0.717, 1.165) is 25.7 Å². The second-order valence-electron chi connectivity index (χ2n) is 6.68. The van der Waals surface area contributed by atoms with Gasteiger partial charge in [0.15, 0.2) is 0 Å². The summed E-state index contributed by atoms with van der Waals surface area (Å²) in [4.78, 5) is 12.3. The molecular formula is C21H38O2. The summed E-state index contributed by atoms with van der Waals surface area (Å²) in [7, 11) is 0. The van der Waals surface area contributed by atoms with Crippen LogP contribution >= 0.6 is 0 Å². The van der Waals surface area contributed by atoms with E-state index in [-0.39, 0.29) is 5.97 Å². The summed E-state index contributed by atoms with van der Waals surface area (Å²) in [5.74, 6) is 6.33. The minimum absolute atomic E-state index is 0.144. The van der Waals surface area contributed by atoms with Gasteiger partial charge in [0, 0.05) is 6.42 Å². The van der Waals surface area contributed by atoms with Gasteiger partial charge in [-0.15, -0.1) is 5.92 Å². The smallest absolute Gasteiger partial charge is 0.323 e. The van der Waals surface area contributed by atoms with Gasteiger partial charge in [-0.05, 0) is 26.7 Å². The first-order valence-corrected chi connectivity index (χ1v) is 9.78. The zero-order valence-corrected chi connectivity index (χ0v) is 16.0. The zero-order valence-electron chi connectivity index (χ0n) is 16.0. The van der Waals surface area contributed by atoms with Gasteiger partial charge in [0.2, 0.25) is 0 Å². The first-order valence-electron chi connectivity index (χ1n) is 9.78. The summed E-state index contributed by atoms with van der Waals surface area (Å²) in [6.45, 7) is 8.69. The van der Waals surface area contributed by atoms with E-state index >= 15 is 0 Å². The summed E-state index contributed by atoms with van der Waals surface area (Å²) in [5.41, 5.74) is -0.620. The molecule has 1 atom stereocenters. The fraction of sp³-hybridized carbons (Fsp3) is 0.857. The highest BCUT2D eigenvalue weighted by atomic mass is 16.5. The molecule has 0 aliphatic heterocycles. The third-order valence-corrected chi connectivity index (χ3v) is 4.28. The lowest BCUT2D eigenvalue weighted by Crippen LogP contribution is -2.28. The number of hydrogen-bond donors (Lipinski definition) is 0. The van der Waals surface area contributed by atoms with Crippen LogP contribution in [-0.2, 0) is 9.53 Å². The fourth-order valence-corrected chi connectivity index (χ4v) is 2.66. The fourth-order valence-electron chi connectivity index (χ4n) is 2.66. The van der Waals surface area contributed by atoms with Crippen LogP contribution in [0.3, 0.4) is 0 Å². The number of rotatable bonds is 13. The molecule has 1 unspecified atom stereocenters. The van der Waals surface area contributed by atoms with Crippen LogP contribution in [0.25, 0.3) is 0 Å². The maximum absolute atomic E-state index is 12.3. The summed E-state index contributed by atoms with van der Waals surface area (Å²) in [6.07, 6.45) is 14.0. The largest absolute Gasteiger partial charge is 0.465 e. The van der Waals surface area contributed by atoms with Crippen LogP contribution in [0.4, 0.5) is 0 Å². The second kappa shape index (κ2) is 14.6. The van der Waals surface area contributed by atoms with Crippen molar-refractivity contribution in [1.29, 1.82) is 0 Å². The first kappa shape index (κ1) is 22.0. The third kappa shape index (κ3) is 11.2. The molecule has 2 nitrogen and oxygen atoms in total. The lowest BCUT2D eigenvalue weighted by molar-refractivity contribution is -0.151. The molecule has 0 aromatic carbocycles. The molecule has 0 heterocycles. The minimum Gasteiger partial charge on any atom is -0.465 e. The summed E-state index contributed by atoms with van der Waals surface area (Å²) in [5, 5.41) is 0. The van der Waals surface area contributed by atoms with Crippen molar-refractivity contribution < 1.29 is 9.53 Å². The van der Waals surface area contributed by atoms with Gasteiger partial charge >= 0.3 is 5.97 Å². The predicted molar refractivity (Wildman–Crippen MR) is 99.3 cm³/mol. The normalized spacial score (nSPS) is 13.0. The van der Waals surface area contributed by atoms with Crippen LogP contribution in [0.15, 0.2) is 0 Å². The standard InChI is InChI=1S/C21H38O2/c1-5-8-10-12-14-16-18-21(4,20(22)23-7-3)19-17-15-13-11-9-6-2/h5-16,18H2,1-4H3. The lowest BCUT2D eigenvalue weighted by Gasteiger charge is -2.21. The highest BCUT2D eigenvalue weighted by molar-refractivity contribution is 5.80. The molecule has 0 aromatic rings. The van der Waals surface area contributed by atoms with E-state index < -0.39 is 5.41 Å². The number of carbonyl (C=O) groups excluding carboxylic acids is 1. The molecule has 2 heteroatoms. The topological polar surface area (TPSA) is 26.3 Å². The zero-order chi connectivity index (χ0) is 17.4. The molecule has 134 valence electrons. The highest BCUT2D eigenvalue weighted by Crippen LogP contribution is 2.26. The molecule has 0 radical (unpaired) electrons. The number of unbranched alkanes of at least 4 members (excludes halogenated alkanes) is 9. The van der Waals surface area contributed by atoms with E-state index in [4.69, 9.17) is 4.74 Å². The van der Waals surface area contributed by atoms with Gasteiger partial charge in [-0.25, -0.2) is 0 Å². The van der Waals surface area contributed by atoms with Crippen LogP contribution in [0.1, 0.15) is 105 Å². The molecule has 0 fully saturated rings. The minimum atomic E-state index is -0.620. The Hall–Kier alpha value is -0.970. The quantitative estimate of drug-likeness (QED) is 0.226. The monoisotopic (exact) mass is 322 g/mol. The molecule has 0 spiro atoms. The van der Waals surface area contributed by atoms with Crippen LogP contribution < -0.4 is 0 Å². The van der Waals surface area contributed by atoms with Gasteiger partial charge in [0.05, 0.1) is 6.61 Å². The molecule has 0 aliphatic carbocycles. The Kier molecular flexibility index (Phi) is 14.0. The number of carbonyl (C=O) groups is 1. The molecular weight excluding hydrogens is 284 g/mol. The number of hydrogen-bond acceptors (Lipinski definition) is 2.